The fourth-order valence-electron chi connectivity index (χ4n) is 1.86. The number of aliphatic hydroxyl groups excluding tert-OH is 2. The number of aromatic nitrogens is 2. The lowest BCUT2D eigenvalue weighted by Crippen LogP contribution is -2.25. The van der Waals surface area contributed by atoms with E-state index in [0.29, 0.717) is 12.0 Å². The number of aryl methyl sites for hydroxylation is 1. The van der Waals surface area contributed by atoms with Crippen molar-refractivity contribution in [2.24, 2.45) is 0 Å². The van der Waals surface area contributed by atoms with Crippen LogP contribution in [-0.4, -0.2) is 38.6 Å². The number of anilines is 1. The molecule has 2 unspecified atom stereocenters. The van der Waals surface area contributed by atoms with Crippen LogP contribution < -0.4 is 11.3 Å². The molecule has 3 atom stereocenters. The van der Waals surface area contributed by atoms with Crippen LogP contribution in [0.15, 0.2) is 11.0 Å². The Morgan fingerprint density at radius 3 is 3.00 bits per heavy atom. The van der Waals surface area contributed by atoms with Crippen molar-refractivity contribution < 1.29 is 14.9 Å². The molecule has 0 amide bonds. The minimum atomic E-state index is -0.746. The molecule has 2 rings (SSSR count). The highest BCUT2D eigenvalue weighted by molar-refractivity contribution is 5.21. The van der Waals surface area contributed by atoms with Crippen molar-refractivity contribution in [3.05, 3.63) is 22.1 Å². The van der Waals surface area contributed by atoms with Crippen molar-refractivity contribution >= 4 is 5.95 Å². The molecule has 1 aliphatic rings. The monoisotopic (exact) mass is 241 g/mol. The third kappa shape index (κ3) is 2.17. The average Bonchev–Trinajstić information content (AvgIpc) is 2.65. The zero-order valence-electron chi connectivity index (χ0n) is 9.41. The van der Waals surface area contributed by atoms with Gasteiger partial charge in [-0.1, -0.05) is 0 Å². The third-order valence-corrected chi connectivity index (χ3v) is 2.85. The maximum atomic E-state index is 11.3. The topological polar surface area (TPSA) is 111 Å². The van der Waals surface area contributed by atoms with Gasteiger partial charge in [-0.25, -0.2) is 0 Å². The second-order valence-electron chi connectivity index (χ2n) is 4.11. The summed E-state index contributed by atoms with van der Waals surface area (Å²) in [4.78, 5) is 14.9. The first-order chi connectivity index (χ1) is 8.02. The highest BCUT2D eigenvalue weighted by Gasteiger charge is 2.34. The lowest BCUT2D eigenvalue weighted by Gasteiger charge is -2.17. The molecule has 0 spiro atoms. The molecule has 1 saturated heterocycles. The molecule has 0 saturated carbocycles. The van der Waals surface area contributed by atoms with E-state index < -0.39 is 18.4 Å². The molecule has 94 valence electrons. The van der Waals surface area contributed by atoms with Crippen LogP contribution in [0, 0.1) is 6.92 Å². The molecule has 7 nitrogen and oxygen atoms in total. The van der Waals surface area contributed by atoms with Crippen molar-refractivity contribution in [3.8, 4) is 0 Å². The number of aliphatic hydroxyl groups is 2. The van der Waals surface area contributed by atoms with E-state index in [1.54, 1.807) is 13.1 Å². The first-order valence-corrected chi connectivity index (χ1v) is 5.32. The maximum Gasteiger partial charge on any atom is 0.277 e. The largest absolute Gasteiger partial charge is 0.394 e. The van der Waals surface area contributed by atoms with E-state index in [1.165, 1.54) is 4.57 Å². The van der Waals surface area contributed by atoms with E-state index in [9.17, 15) is 9.90 Å². The van der Waals surface area contributed by atoms with Gasteiger partial charge in [-0.3, -0.25) is 9.36 Å². The molecule has 1 fully saturated rings. The van der Waals surface area contributed by atoms with Gasteiger partial charge in [0.15, 0.2) is 0 Å². The second-order valence-corrected chi connectivity index (χ2v) is 4.11. The lowest BCUT2D eigenvalue weighted by atomic mass is 10.2. The minimum Gasteiger partial charge on any atom is -0.394 e. The fraction of sp³-hybridized carbons (Fsp3) is 0.600. The number of nitrogen functional groups attached to an aromatic ring is 1. The molecule has 1 aliphatic heterocycles. The van der Waals surface area contributed by atoms with E-state index in [-0.39, 0.29) is 18.1 Å². The molecule has 0 bridgehead atoms. The Morgan fingerprint density at radius 1 is 1.71 bits per heavy atom. The summed E-state index contributed by atoms with van der Waals surface area (Å²) in [6.07, 6.45) is -0.0291. The molecular weight excluding hydrogens is 226 g/mol. The third-order valence-electron chi connectivity index (χ3n) is 2.85. The summed E-state index contributed by atoms with van der Waals surface area (Å²) in [6.45, 7) is 1.37. The number of ether oxygens (including phenoxy) is 1. The van der Waals surface area contributed by atoms with Gasteiger partial charge in [-0.2, -0.15) is 4.98 Å². The van der Waals surface area contributed by atoms with Crippen LogP contribution in [0.3, 0.4) is 0 Å². The fourth-order valence-corrected chi connectivity index (χ4v) is 1.86. The van der Waals surface area contributed by atoms with Crippen LogP contribution in [0.1, 0.15) is 18.2 Å². The Kier molecular flexibility index (Phi) is 3.14. The van der Waals surface area contributed by atoms with E-state index >= 15 is 0 Å². The van der Waals surface area contributed by atoms with Crippen LogP contribution in [0.25, 0.3) is 0 Å². The molecule has 17 heavy (non-hydrogen) atoms. The van der Waals surface area contributed by atoms with Crippen LogP contribution in [0.2, 0.25) is 0 Å². The summed E-state index contributed by atoms with van der Waals surface area (Å²) >= 11 is 0. The van der Waals surface area contributed by atoms with E-state index in [0.717, 1.165) is 0 Å². The summed E-state index contributed by atoms with van der Waals surface area (Å²) in [7, 11) is 0. The molecule has 1 aromatic rings. The van der Waals surface area contributed by atoms with E-state index in [2.05, 4.69) is 4.98 Å². The van der Waals surface area contributed by atoms with E-state index in [4.69, 9.17) is 15.6 Å². The minimum absolute atomic E-state index is 0.0383. The van der Waals surface area contributed by atoms with Crippen molar-refractivity contribution in [2.75, 3.05) is 12.3 Å². The molecule has 4 N–H and O–H groups in total. The number of hydrogen-bond acceptors (Lipinski definition) is 6. The molecule has 1 aromatic heterocycles. The lowest BCUT2D eigenvalue weighted by molar-refractivity contribution is -0.0440. The van der Waals surface area contributed by atoms with Gasteiger partial charge in [-0.05, 0) is 6.92 Å². The first kappa shape index (κ1) is 12.0. The molecular formula is C10H15N3O4. The predicted molar refractivity (Wildman–Crippen MR) is 59.3 cm³/mol. The highest BCUT2D eigenvalue weighted by atomic mass is 16.5. The van der Waals surface area contributed by atoms with Crippen LogP contribution >= 0.6 is 0 Å². The van der Waals surface area contributed by atoms with Crippen molar-refractivity contribution in [3.63, 3.8) is 0 Å². The summed E-state index contributed by atoms with van der Waals surface area (Å²) in [5.74, 6) is 0.0383. The van der Waals surface area contributed by atoms with Gasteiger partial charge in [0.25, 0.3) is 5.56 Å². The Bertz CT molecular complexity index is 473. The molecule has 2 heterocycles. The van der Waals surface area contributed by atoms with E-state index in [1.807, 2.05) is 0 Å². The zero-order chi connectivity index (χ0) is 12.6. The molecule has 7 heteroatoms. The summed E-state index contributed by atoms with van der Waals surface area (Å²) in [6, 6.07) is 0. The number of nitrogens with zero attached hydrogens (tertiary/aromatic N) is 2. The highest BCUT2D eigenvalue weighted by Crippen LogP contribution is 2.29. The van der Waals surface area contributed by atoms with Gasteiger partial charge in [0.1, 0.15) is 12.3 Å². The number of hydrogen-bond donors (Lipinski definition) is 3. The van der Waals surface area contributed by atoms with Gasteiger partial charge < -0.3 is 20.7 Å². The molecule has 0 aromatic carbocycles. The van der Waals surface area contributed by atoms with Crippen molar-refractivity contribution in [1.29, 1.82) is 0 Å². The Labute approximate surface area is 97.5 Å². The smallest absolute Gasteiger partial charge is 0.277 e. The van der Waals surface area contributed by atoms with Gasteiger partial charge >= 0.3 is 0 Å². The standard InChI is InChI=1S/C10H15N3O4/c1-5-3-13(10(11)12-9(5)16)8-2-6(15)7(4-14)17-8/h3,6-8,14-15H,2,4H2,1H3,(H2,11,12,16)/t6-,7?,8?/m1/s1. The summed E-state index contributed by atoms with van der Waals surface area (Å²) in [5.41, 5.74) is 5.70. The maximum absolute atomic E-state index is 11.3. The summed E-state index contributed by atoms with van der Waals surface area (Å²) < 4.78 is 6.92. The van der Waals surface area contributed by atoms with Crippen LogP contribution in [0.5, 0.6) is 0 Å². The quantitative estimate of drug-likeness (QED) is 0.598. The SMILES string of the molecule is Cc1cn(C2C[C@@H](O)C(CO)O2)c(N)nc1=O. The van der Waals surface area contributed by atoms with Gasteiger partial charge in [-0.15, -0.1) is 0 Å². The Morgan fingerprint density at radius 2 is 2.41 bits per heavy atom. The van der Waals surface area contributed by atoms with Gasteiger partial charge in [0.05, 0.1) is 12.7 Å². The number of rotatable bonds is 2. The van der Waals surface area contributed by atoms with Crippen molar-refractivity contribution in [1.82, 2.24) is 9.55 Å². The normalized spacial score (nSPS) is 28.5. The molecule has 0 radical (unpaired) electrons. The van der Waals surface area contributed by atoms with Gasteiger partial charge in [0.2, 0.25) is 5.95 Å². The number of nitrogens with two attached hydrogens (primary N) is 1. The first-order valence-electron chi connectivity index (χ1n) is 5.32. The summed E-state index contributed by atoms with van der Waals surface area (Å²) in [5, 5.41) is 18.6. The second kappa shape index (κ2) is 4.44. The predicted octanol–water partition coefficient (Wildman–Crippen LogP) is -1.23. The average molecular weight is 241 g/mol. The van der Waals surface area contributed by atoms with Gasteiger partial charge in [0, 0.05) is 18.2 Å². The Balaban J connectivity index is 2.30. The Hall–Kier alpha value is -1.44. The van der Waals surface area contributed by atoms with Crippen molar-refractivity contribution in [2.45, 2.75) is 31.8 Å². The zero-order valence-corrected chi connectivity index (χ0v) is 9.41. The van der Waals surface area contributed by atoms with Crippen LogP contribution in [-0.2, 0) is 4.74 Å². The van der Waals surface area contributed by atoms with Crippen LogP contribution in [0.4, 0.5) is 5.95 Å². The molecule has 0 aliphatic carbocycles.